The smallest absolute Gasteiger partial charge is 0.233 e. The number of thioether (sulfide) groups is 1. The molecule has 0 saturated heterocycles. The van der Waals surface area contributed by atoms with Crippen LogP contribution in [0.3, 0.4) is 0 Å². The zero-order chi connectivity index (χ0) is 22.3. The maximum absolute atomic E-state index is 13.3. The van der Waals surface area contributed by atoms with Crippen molar-refractivity contribution in [2.24, 2.45) is 0 Å². The molecule has 0 aliphatic heterocycles. The van der Waals surface area contributed by atoms with E-state index in [4.69, 9.17) is 9.72 Å². The fourth-order valence-corrected chi connectivity index (χ4v) is 4.88. The number of thiazole rings is 1. The summed E-state index contributed by atoms with van der Waals surface area (Å²) >= 11 is 3.22. The summed E-state index contributed by atoms with van der Waals surface area (Å²) in [5, 5.41) is 0.727. The Balaban J connectivity index is 1.55. The Hall–Kier alpha value is -2.84. The molecule has 4 rings (SSSR count). The predicted molar refractivity (Wildman–Crippen MR) is 132 cm³/mol. The number of carbonyl (C=O) groups excluding carboxylic acids is 1. The van der Waals surface area contributed by atoms with Crippen LogP contribution in [0, 0.1) is 0 Å². The van der Waals surface area contributed by atoms with Gasteiger partial charge in [-0.1, -0.05) is 23.5 Å². The molecule has 0 radical (unpaired) electrons. The molecule has 0 atom stereocenters. The largest absolute Gasteiger partial charge is 0.494 e. The SMILES string of the molecule is CCOc1ccc2nc(N(CCCn3ccnc3)C(=O)Cc3ccc(SC)cc3)sc2c1. The van der Waals surface area contributed by atoms with Crippen molar-refractivity contribution in [2.45, 2.75) is 31.2 Å². The lowest BCUT2D eigenvalue weighted by molar-refractivity contribution is -0.118. The van der Waals surface area contributed by atoms with Gasteiger partial charge < -0.3 is 9.30 Å². The van der Waals surface area contributed by atoms with E-state index >= 15 is 0 Å². The quantitative estimate of drug-likeness (QED) is 0.298. The van der Waals surface area contributed by atoms with Gasteiger partial charge in [0.1, 0.15) is 5.75 Å². The standard InChI is InChI=1S/C24H26N4O2S2/c1-3-30-19-7-10-21-22(16-19)32-24(26-21)28(13-4-12-27-14-11-25-17-27)23(29)15-18-5-8-20(31-2)9-6-18/h5-11,14,16-17H,3-4,12-13,15H2,1-2H3. The van der Waals surface area contributed by atoms with Crippen LogP contribution in [0.25, 0.3) is 10.2 Å². The highest BCUT2D eigenvalue weighted by atomic mass is 32.2. The van der Waals surface area contributed by atoms with E-state index in [1.807, 2.05) is 59.2 Å². The van der Waals surface area contributed by atoms with Crippen molar-refractivity contribution in [1.29, 1.82) is 0 Å². The van der Waals surface area contributed by atoms with Gasteiger partial charge in [-0.05, 0) is 55.5 Å². The van der Waals surface area contributed by atoms with Crippen molar-refractivity contribution in [3.63, 3.8) is 0 Å². The molecule has 2 aromatic carbocycles. The van der Waals surface area contributed by atoms with Crippen LogP contribution in [0.1, 0.15) is 18.9 Å². The molecule has 0 aliphatic carbocycles. The number of fused-ring (bicyclic) bond motifs is 1. The summed E-state index contributed by atoms with van der Waals surface area (Å²) in [4.78, 5) is 25.2. The summed E-state index contributed by atoms with van der Waals surface area (Å²) in [5.74, 6) is 0.874. The molecule has 32 heavy (non-hydrogen) atoms. The summed E-state index contributed by atoms with van der Waals surface area (Å²) in [6, 6.07) is 14.0. The highest BCUT2D eigenvalue weighted by Crippen LogP contribution is 2.32. The first kappa shape index (κ1) is 22.4. The predicted octanol–water partition coefficient (Wildman–Crippen LogP) is 5.28. The molecule has 4 aromatic rings. The Morgan fingerprint density at radius 3 is 2.78 bits per heavy atom. The van der Waals surface area contributed by atoms with E-state index in [1.54, 1.807) is 24.3 Å². The highest BCUT2D eigenvalue weighted by Gasteiger charge is 2.20. The number of hydrogen-bond acceptors (Lipinski definition) is 6. The van der Waals surface area contributed by atoms with Gasteiger partial charge in [0, 0.05) is 30.4 Å². The van der Waals surface area contributed by atoms with E-state index in [0.717, 1.165) is 39.6 Å². The van der Waals surface area contributed by atoms with Gasteiger partial charge >= 0.3 is 0 Å². The molecule has 1 amide bonds. The molecule has 0 fully saturated rings. The van der Waals surface area contributed by atoms with Gasteiger partial charge in [-0.2, -0.15) is 0 Å². The minimum absolute atomic E-state index is 0.0524. The molecule has 6 nitrogen and oxygen atoms in total. The monoisotopic (exact) mass is 466 g/mol. The van der Waals surface area contributed by atoms with Crippen LogP contribution >= 0.6 is 23.1 Å². The average molecular weight is 467 g/mol. The maximum Gasteiger partial charge on any atom is 0.233 e. The minimum atomic E-state index is 0.0524. The molecule has 166 valence electrons. The number of aryl methyl sites for hydroxylation is 1. The molecule has 0 unspecified atom stereocenters. The number of ether oxygens (including phenoxy) is 1. The second kappa shape index (κ2) is 10.7. The van der Waals surface area contributed by atoms with E-state index in [-0.39, 0.29) is 5.91 Å². The number of aromatic nitrogens is 3. The lowest BCUT2D eigenvalue weighted by Crippen LogP contribution is -2.33. The van der Waals surface area contributed by atoms with E-state index in [2.05, 4.69) is 17.1 Å². The molecular formula is C24H26N4O2S2. The minimum Gasteiger partial charge on any atom is -0.494 e. The molecule has 0 N–H and O–H groups in total. The van der Waals surface area contributed by atoms with Gasteiger partial charge in [0.05, 0.1) is 29.6 Å². The number of nitrogens with zero attached hydrogens (tertiary/aromatic N) is 4. The molecule has 0 saturated carbocycles. The number of hydrogen-bond donors (Lipinski definition) is 0. The summed E-state index contributed by atoms with van der Waals surface area (Å²) < 4.78 is 8.66. The summed E-state index contributed by atoms with van der Waals surface area (Å²) in [7, 11) is 0. The normalized spacial score (nSPS) is 11.1. The Labute approximate surface area is 196 Å². The first-order chi connectivity index (χ1) is 15.7. The number of rotatable bonds is 10. The van der Waals surface area contributed by atoms with Crippen molar-refractivity contribution >= 4 is 44.4 Å². The van der Waals surface area contributed by atoms with Crippen molar-refractivity contribution in [2.75, 3.05) is 24.3 Å². The third-order valence-corrected chi connectivity index (χ3v) is 6.85. The van der Waals surface area contributed by atoms with Crippen LogP contribution in [0.2, 0.25) is 0 Å². The number of amides is 1. The van der Waals surface area contributed by atoms with Gasteiger partial charge in [-0.25, -0.2) is 9.97 Å². The van der Waals surface area contributed by atoms with Crippen LogP contribution in [0.15, 0.2) is 66.1 Å². The Kier molecular flexibility index (Phi) is 7.44. The van der Waals surface area contributed by atoms with Gasteiger partial charge in [-0.3, -0.25) is 9.69 Å². The Bertz CT molecular complexity index is 1160. The van der Waals surface area contributed by atoms with E-state index < -0.39 is 0 Å². The molecule has 2 aromatic heterocycles. The van der Waals surface area contributed by atoms with Gasteiger partial charge in [0.2, 0.25) is 5.91 Å². The van der Waals surface area contributed by atoms with E-state index in [1.165, 1.54) is 16.2 Å². The van der Waals surface area contributed by atoms with Crippen LogP contribution < -0.4 is 9.64 Å². The summed E-state index contributed by atoms with van der Waals surface area (Å²) in [5.41, 5.74) is 1.89. The summed E-state index contributed by atoms with van der Waals surface area (Å²) in [6.07, 6.45) is 8.71. The zero-order valence-corrected chi connectivity index (χ0v) is 19.9. The fourth-order valence-electron chi connectivity index (χ4n) is 3.44. The lowest BCUT2D eigenvalue weighted by Gasteiger charge is -2.20. The second-order valence-corrected chi connectivity index (χ2v) is 9.17. The number of carbonyl (C=O) groups is 1. The zero-order valence-electron chi connectivity index (χ0n) is 18.2. The van der Waals surface area contributed by atoms with Crippen molar-refractivity contribution < 1.29 is 9.53 Å². The molecule has 8 heteroatoms. The Morgan fingerprint density at radius 1 is 1.22 bits per heavy atom. The van der Waals surface area contributed by atoms with Crippen LogP contribution in [0.4, 0.5) is 5.13 Å². The highest BCUT2D eigenvalue weighted by molar-refractivity contribution is 7.98. The fraction of sp³-hybridized carbons (Fsp3) is 0.292. The first-order valence-electron chi connectivity index (χ1n) is 10.6. The summed E-state index contributed by atoms with van der Waals surface area (Å²) in [6.45, 7) is 3.98. The number of benzene rings is 2. The molecule has 0 bridgehead atoms. The topological polar surface area (TPSA) is 60.2 Å². The van der Waals surface area contributed by atoms with Gasteiger partial charge in [-0.15, -0.1) is 11.8 Å². The van der Waals surface area contributed by atoms with Crippen molar-refractivity contribution in [3.8, 4) is 5.75 Å². The average Bonchev–Trinajstić information content (AvgIpc) is 3.47. The third-order valence-electron chi connectivity index (χ3n) is 5.06. The Morgan fingerprint density at radius 2 is 2.06 bits per heavy atom. The number of anilines is 1. The van der Waals surface area contributed by atoms with Crippen LogP contribution in [-0.4, -0.2) is 39.8 Å². The first-order valence-corrected chi connectivity index (χ1v) is 12.6. The third kappa shape index (κ3) is 5.49. The lowest BCUT2D eigenvalue weighted by atomic mass is 10.1. The van der Waals surface area contributed by atoms with Crippen molar-refractivity contribution in [1.82, 2.24) is 14.5 Å². The molecule has 0 aliphatic rings. The second-order valence-electron chi connectivity index (χ2n) is 7.28. The number of imidazole rings is 1. The van der Waals surface area contributed by atoms with E-state index in [0.29, 0.717) is 19.6 Å². The van der Waals surface area contributed by atoms with Crippen LogP contribution in [-0.2, 0) is 17.8 Å². The van der Waals surface area contributed by atoms with Gasteiger partial charge in [0.25, 0.3) is 0 Å². The van der Waals surface area contributed by atoms with Gasteiger partial charge in [0.15, 0.2) is 5.13 Å². The molecule has 2 heterocycles. The maximum atomic E-state index is 13.3. The molecular weight excluding hydrogens is 440 g/mol. The molecule has 0 spiro atoms. The van der Waals surface area contributed by atoms with Crippen LogP contribution in [0.5, 0.6) is 5.75 Å². The van der Waals surface area contributed by atoms with Crippen molar-refractivity contribution in [3.05, 3.63) is 66.7 Å². The van der Waals surface area contributed by atoms with E-state index in [9.17, 15) is 4.79 Å².